The summed E-state index contributed by atoms with van der Waals surface area (Å²) in [6, 6.07) is 11.6. The van der Waals surface area contributed by atoms with E-state index in [1.54, 1.807) is 0 Å². The van der Waals surface area contributed by atoms with Crippen molar-refractivity contribution in [1.29, 1.82) is 0 Å². The fourth-order valence-corrected chi connectivity index (χ4v) is 2.47. The molecule has 0 spiro atoms. The second-order valence-electron chi connectivity index (χ2n) is 6.48. The molecule has 6 nitrogen and oxygen atoms in total. The minimum absolute atomic E-state index is 0.0281. The summed E-state index contributed by atoms with van der Waals surface area (Å²) in [5.41, 5.74) is 8.25. The molecule has 0 bridgehead atoms. The number of benzene rings is 2. The van der Waals surface area contributed by atoms with Crippen molar-refractivity contribution in [3.05, 3.63) is 64.7 Å². The van der Waals surface area contributed by atoms with Gasteiger partial charge in [-0.25, -0.2) is 0 Å². The molecule has 2 aromatic carbocycles. The standard InChI is InChI=1S/C20H22F3N3O3/c1-13-3-8-17(14(2)9-13)24-10-18(27)25-26-19(28)16-6-4-15(5-7-16)11-29-12-20(21,22)23/h3-9,24H,10-12H2,1-2H3,(H,25,27)(H,26,28). The molecule has 0 aliphatic heterocycles. The van der Waals surface area contributed by atoms with Gasteiger partial charge in [-0.15, -0.1) is 0 Å². The van der Waals surface area contributed by atoms with Crippen molar-refractivity contribution in [3.8, 4) is 0 Å². The first kappa shape index (κ1) is 22.2. The first-order valence-electron chi connectivity index (χ1n) is 8.78. The number of aryl methyl sites for hydroxylation is 2. The Bertz CT molecular complexity index is 852. The lowest BCUT2D eigenvalue weighted by Gasteiger charge is -2.11. The van der Waals surface area contributed by atoms with Crippen LogP contribution in [0.2, 0.25) is 0 Å². The maximum absolute atomic E-state index is 12.0. The number of hydrogen-bond donors (Lipinski definition) is 3. The van der Waals surface area contributed by atoms with E-state index in [0.29, 0.717) is 5.56 Å². The molecular weight excluding hydrogens is 387 g/mol. The SMILES string of the molecule is Cc1ccc(NCC(=O)NNC(=O)c2ccc(COCC(F)(F)F)cc2)c(C)c1. The monoisotopic (exact) mass is 409 g/mol. The van der Waals surface area contributed by atoms with Crippen LogP contribution in [0, 0.1) is 13.8 Å². The van der Waals surface area contributed by atoms with Gasteiger partial charge in [-0.1, -0.05) is 29.8 Å². The Hall–Kier alpha value is -3.07. The molecule has 0 atom stereocenters. The van der Waals surface area contributed by atoms with Gasteiger partial charge in [-0.2, -0.15) is 13.2 Å². The Balaban J connectivity index is 1.75. The normalized spacial score (nSPS) is 11.1. The lowest BCUT2D eigenvalue weighted by Crippen LogP contribution is -2.44. The van der Waals surface area contributed by atoms with Crippen LogP contribution in [-0.2, 0) is 16.1 Å². The van der Waals surface area contributed by atoms with E-state index in [-0.39, 0.29) is 18.7 Å². The molecule has 156 valence electrons. The van der Waals surface area contributed by atoms with Gasteiger partial charge >= 0.3 is 6.18 Å². The Morgan fingerprint density at radius 3 is 2.31 bits per heavy atom. The second-order valence-corrected chi connectivity index (χ2v) is 6.48. The van der Waals surface area contributed by atoms with Crippen molar-refractivity contribution in [2.45, 2.75) is 26.6 Å². The molecule has 0 unspecified atom stereocenters. The van der Waals surface area contributed by atoms with Crippen molar-refractivity contribution < 1.29 is 27.5 Å². The van der Waals surface area contributed by atoms with Crippen molar-refractivity contribution >= 4 is 17.5 Å². The summed E-state index contributed by atoms with van der Waals surface area (Å²) in [4.78, 5) is 23.9. The average molecular weight is 409 g/mol. The summed E-state index contributed by atoms with van der Waals surface area (Å²) in [5, 5.41) is 2.98. The first-order valence-corrected chi connectivity index (χ1v) is 8.78. The fourth-order valence-electron chi connectivity index (χ4n) is 2.47. The summed E-state index contributed by atoms with van der Waals surface area (Å²) in [5.74, 6) is -0.983. The van der Waals surface area contributed by atoms with Crippen molar-refractivity contribution in [2.24, 2.45) is 0 Å². The lowest BCUT2D eigenvalue weighted by molar-refractivity contribution is -0.176. The van der Waals surface area contributed by atoms with Gasteiger partial charge in [0.15, 0.2) is 0 Å². The molecule has 0 aromatic heterocycles. The molecule has 9 heteroatoms. The van der Waals surface area contributed by atoms with Gasteiger partial charge in [-0.3, -0.25) is 20.4 Å². The predicted molar refractivity (Wildman–Crippen MR) is 102 cm³/mol. The zero-order valence-electron chi connectivity index (χ0n) is 16.0. The van der Waals surface area contributed by atoms with E-state index in [9.17, 15) is 22.8 Å². The third-order valence-corrected chi connectivity index (χ3v) is 3.89. The number of halogens is 3. The minimum Gasteiger partial charge on any atom is -0.376 e. The summed E-state index contributed by atoms with van der Waals surface area (Å²) >= 11 is 0. The Labute approximate surface area is 166 Å². The maximum Gasteiger partial charge on any atom is 0.411 e. The van der Waals surface area contributed by atoms with Crippen molar-refractivity contribution in [2.75, 3.05) is 18.5 Å². The summed E-state index contributed by atoms with van der Waals surface area (Å²) in [6.07, 6.45) is -4.38. The number of hydrogen-bond acceptors (Lipinski definition) is 4. The Morgan fingerprint density at radius 1 is 1.00 bits per heavy atom. The molecule has 29 heavy (non-hydrogen) atoms. The predicted octanol–water partition coefficient (Wildman–Crippen LogP) is 3.26. The molecule has 0 fully saturated rings. The molecule has 2 aromatic rings. The highest BCUT2D eigenvalue weighted by Gasteiger charge is 2.27. The van der Waals surface area contributed by atoms with Gasteiger partial charge in [0.05, 0.1) is 13.2 Å². The number of carbonyl (C=O) groups is 2. The largest absolute Gasteiger partial charge is 0.411 e. The number of ether oxygens (including phenoxy) is 1. The van der Waals surface area contributed by atoms with Crippen LogP contribution in [0.4, 0.5) is 18.9 Å². The quantitative estimate of drug-likeness (QED) is 0.614. The fraction of sp³-hybridized carbons (Fsp3) is 0.300. The molecule has 0 saturated heterocycles. The zero-order valence-corrected chi connectivity index (χ0v) is 16.0. The third-order valence-electron chi connectivity index (χ3n) is 3.89. The van der Waals surface area contributed by atoms with E-state index in [0.717, 1.165) is 16.8 Å². The van der Waals surface area contributed by atoms with Gasteiger partial charge in [0.1, 0.15) is 6.61 Å². The Morgan fingerprint density at radius 2 is 1.69 bits per heavy atom. The van der Waals surface area contributed by atoms with Gasteiger partial charge in [0.2, 0.25) is 0 Å². The van der Waals surface area contributed by atoms with Crippen LogP contribution in [0.5, 0.6) is 0 Å². The van der Waals surface area contributed by atoms with E-state index < -0.39 is 24.6 Å². The van der Waals surface area contributed by atoms with Crippen molar-refractivity contribution in [3.63, 3.8) is 0 Å². The number of alkyl halides is 3. The van der Waals surface area contributed by atoms with E-state index in [4.69, 9.17) is 0 Å². The first-order chi connectivity index (χ1) is 13.6. The topological polar surface area (TPSA) is 79.5 Å². The number of amides is 2. The molecule has 0 heterocycles. The molecule has 0 radical (unpaired) electrons. The van der Waals surface area contributed by atoms with E-state index in [1.807, 2.05) is 32.0 Å². The smallest absolute Gasteiger partial charge is 0.376 e. The van der Waals surface area contributed by atoms with Crippen LogP contribution in [-0.4, -0.2) is 31.1 Å². The number of hydrazine groups is 1. The number of nitrogens with one attached hydrogen (secondary N) is 3. The van der Waals surface area contributed by atoms with Gasteiger partial charge in [0, 0.05) is 11.3 Å². The molecule has 3 N–H and O–H groups in total. The van der Waals surface area contributed by atoms with Crippen LogP contribution in [0.25, 0.3) is 0 Å². The highest BCUT2D eigenvalue weighted by atomic mass is 19.4. The number of anilines is 1. The number of carbonyl (C=O) groups excluding carboxylic acids is 2. The molecule has 0 saturated carbocycles. The van der Waals surface area contributed by atoms with Crippen LogP contribution in [0.1, 0.15) is 27.0 Å². The van der Waals surface area contributed by atoms with Gasteiger partial charge in [-0.05, 0) is 43.2 Å². The van der Waals surface area contributed by atoms with E-state index >= 15 is 0 Å². The maximum atomic E-state index is 12.0. The van der Waals surface area contributed by atoms with Crippen molar-refractivity contribution in [1.82, 2.24) is 10.9 Å². The highest BCUT2D eigenvalue weighted by Crippen LogP contribution is 2.16. The minimum atomic E-state index is -4.38. The van der Waals surface area contributed by atoms with Crippen LogP contribution in [0.3, 0.4) is 0 Å². The van der Waals surface area contributed by atoms with E-state index in [1.165, 1.54) is 24.3 Å². The van der Waals surface area contributed by atoms with E-state index in [2.05, 4.69) is 20.9 Å². The summed E-state index contributed by atoms with van der Waals surface area (Å²) < 4.78 is 40.7. The highest BCUT2D eigenvalue weighted by molar-refractivity contribution is 5.95. The number of rotatable bonds is 7. The van der Waals surface area contributed by atoms with Crippen LogP contribution < -0.4 is 16.2 Å². The molecule has 2 rings (SSSR count). The summed E-state index contributed by atoms with van der Waals surface area (Å²) in [7, 11) is 0. The second kappa shape index (κ2) is 9.92. The molecule has 0 aliphatic rings. The van der Waals surface area contributed by atoms with Crippen LogP contribution >= 0.6 is 0 Å². The molecule has 2 amide bonds. The lowest BCUT2D eigenvalue weighted by atomic mass is 10.1. The zero-order chi connectivity index (χ0) is 21.4. The van der Waals surface area contributed by atoms with Gasteiger partial charge < -0.3 is 10.1 Å². The van der Waals surface area contributed by atoms with Gasteiger partial charge in [0.25, 0.3) is 11.8 Å². The Kier molecular flexibility index (Phi) is 7.60. The van der Waals surface area contributed by atoms with Crippen LogP contribution in [0.15, 0.2) is 42.5 Å². The molecule has 0 aliphatic carbocycles. The molecular formula is C20H22F3N3O3. The summed E-state index contributed by atoms with van der Waals surface area (Å²) in [6.45, 7) is 2.31. The third kappa shape index (κ3) is 7.82. The average Bonchev–Trinajstić information content (AvgIpc) is 2.65.